The number of ether oxygens (including phenoxy) is 2. The molecule has 122 valence electrons. The predicted molar refractivity (Wildman–Crippen MR) is 83.8 cm³/mol. The third-order valence-electron chi connectivity index (χ3n) is 2.99. The Morgan fingerprint density at radius 3 is 2.50 bits per heavy atom. The van der Waals surface area contributed by atoms with Gasteiger partial charge in [0, 0.05) is 12.0 Å². The second kappa shape index (κ2) is 8.92. The fourth-order valence-corrected chi connectivity index (χ4v) is 1.76. The van der Waals surface area contributed by atoms with Crippen LogP contribution >= 0.6 is 0 Å². The quantitative estimate of drug-likeness (QED) is 0.758. The van der Waals surface area contributed by atoms with Crippen LogP contribution in [0.4, 0.5) is 0 Å². The van der Waals surface area contributed by atoms with Crippen LogP contribution in [0.15, 0.2) is 18.2 Å². The van der Waals surface area contributed by atoms with Crippen LogP contribution < -0.4 is 20.3 Å². The standard InChI is InChI=1S/C16H24N2O4/c1-5-22-13-8-7-12(10-14(13)21-4)16(20)18-17-15(19)9-6-11(2)3/h7-8,10-11H,5-6,9H2,1-4H3,(H,17,19)(H,18,20). The molecule has 2 amide bonds. The van der Waals surface area contributed by atoms with E-state index in [1.54, 1.807) is 18.2 Å². The lowest BCUT2D eigenvalue weighted by atomic mass is 10.1. The molecule has 1 aromatic rings. The summed E-state index contributed by atoms with van der Waals surface area (Å²) in [6, 6.07) is 4.85. The Balaban J connectivity index is 2.60. The Labute approximate surface area is 131 Å². The van der Waals surface area contributed by atoms with Gasteiger partial charge in [0.25, 0.3) is 5.91 Å². The van der Waals surface area contributed by atoms with Gasteiger partial charge in [-0.3, -0.25) is 20.4 Å². The number of carbonyl (C=O) groups is 2. The number of rotatable bonds is 7. The summed E-state index contributed by atoms with van der Waals surface area (Å²) in [5.41, 5.74) is 5.17. The molecular formula is C16H24N2O4. The topological polar surface area (TPSA) is 76.7 Å². The smallest absolute Gasteiger partial charge is 0.269 e. The highest BCUT2D eigenvalue weighted by Crippen LogP contribution is 2.27. The highest BCUT2D eigenvalue weighted by molar-refractivity contribution is 5.96. The number of hydrazine groups is 1. The lowest BCUT2D eigenvalue weighted by Crippen LogP contribution is -2.41. The lowest BCUT2D eigenvalue weighted by molar-refractivity contribution is -0.122. The summed E-state index contributed by atoms with van der Waals surface area (Å²) < 4.78 is 10.6. The van der Waals surface area contributed by atoms with Gasteiger partial charge in [-0.1, -0.05) is 13.8 Å². The normalized spacial score (nSPS) is 10.2. The second-order valence-electron chi connectivity index (χ2n) is 5.23. The van der Waals surface area contributed by atoms with Crippen LogP contribution in [0, 0.1) is 5.92 Å². The van der Waals surface area contributed by atoms with E-state index < -0.39 is 5.91 Å². The minimum Gasteiger partial charge on any atom is -0.493 e. The zero-order valence-corrected chi connectivity index (χ0v) is 13.6. The van der Waals surface area contributed by atoms with E-state index in [-0.39, 0.29) is 5.91 Å². The number of nitrogens with one attached hydrogen (secondary N) is 2. The van der Waals surface area contributed by atoms with Gasteiger partial charge in [0.05, 0.1) is 13.7 Å². The third-order valence-corrected chi connectivity index (χ3v) is 2.99. The molecule has 0 unspecified atom stereocenters. The third kappa shape index (κ3) is 5.63. The first kappa shape index (κ1) is 17.8. The molecule has 0 saturated carbocycles. The second-order valence-corrected chi connectivity index (χ2v) is 5.23. The van der Waals surface area contributed by atoms with Crippen LogP contribution in [-0.4, -0.2) is 25.5 Å². The van der Waals surface area contributed by atoms with Gasteiger partial charge in [-0.05, 0) is 37.5 Å². The van der Waals surface area contributed by atoms with Gasteiger partial charge in [0.15, 0.2) is 11.5 Å². The fourth-order valence-electron chi connectivity index (χ4n) is 1.76. The molecule has 6 heteroatoms. The number of carbonyl (C=O) groups excluding carboxylic acids is 2. The molecule has 0 atom stereocenters. The van der Waals surface area contributed by atoms with Gasteiger partial charge < -0.3 is 9.47 Å². The molecule has 0 bridgehead atoms. The average molecular weight is 308 g/mol. The van der Waals surface area contributed by atoms with E-state index in [0.29, 0.717) is 36.0 Å². The Kier molecular flexibility index (Phi) is 7.22. The van der Waals surface area contributed by atoms with Crippen LogP contribution in [0.1, 0.15) is 44.0 Å². The van der Waals surface area contributed by atoms with E-state index in [2.05, 4.69) is 10.9 Å². The summed E-state index contributed by atoms with van der Waals surface area (Å²) >= 11 is 0. The van der Waals surface area contributed by atoms with Gasteiger partial charge >= 0.3 is 0 Å². The average Bonchev–Trinajstić information content (AvgIpc) is 2.51. The Morgan fingerprint density at radius 2 is 1.91 bits per heavy atom. The first-order chi connectivity index (χ1) is 10.5. The SMILES string of the molecule is CCOc1ccc(C(=O)NNC(=O)CCC(C)C)cc1OC. The van der Waals surface area contributed by atoms with Gasteiger partial charge in [0.1, 0.15) is 0 Å². The van der Waals surface area contributed by atoms with Crippen molar-refractivity contribution in [2.24, 2.45) is 5.92 Å². The maximum atomic E-state index is 12.0. The summed E-state index contributed by atoms with van der Waals surface area (Å²) in [6.07, 6.45) is 1.16. The minimum atomic E-state index is -0.403. The molecule has 0 heterocycles. The Bertz CT molecular complexity index is 515. The van der Waals surface area contributed by atoms with Crippen molar-refractivity contribution in [2.75, 3.05) is 13.7 Å². The number of methoxy groups -OCH3 is 1. The van der Waals surface area contributed by atoms with Crippen molar-refractivity contribution in [1.82, 2.24) is 10.9 Å². The van der Waals surface area contributed by atoms with Crippen molar-refractivity contribution in [3.05, 3.63) is 23.8 Å². The van der Waals surface area contributed by atoms with Crippen molar-refractivity contribution in [2.45, 2.75) is 33.6 Å². The molecule has 0 aliphatic heterocycles. The van der Waals surface area contributed by atoms with Crippen LogP contribution in [0.2, 0.25) is 0 Å². The van der Waals surface area contributed by atoms with Crippen LogP contribution in [-0.2, 0) is 4.79 Å². The molecule has 1 aromatic carbocycles. The molecule has 0 spiro atoms. The van der Waals surface area contributed by atoms with Crippen LogP contribution in [0.5, 0.6) is 11.5 Å². The number of hydrogen-bond acceptors (Lipinski definition) is 4. The van der Waals surface area contributed by atoms with Crippen LogP contribution in [0.3, 0.4) is 0 Å². The van der Waals surface area contributed by atoms with Crippen molar-refractivity contribution in [3.63, 3.8) is 0 Å². The molecule has 22 heavy (non-hydrogen) atoms. The molecule has 0 saturated heterocycles. The van der Waals surface area contributed by atoms with E-state index in [9.17, 15) is 9.59 Å². The van der Waals surface area contributed by atoms with E-state index in [0.717, 1.165) is 6.42 Å². The zero-order chi connectivity index (χ0) is 16.5. The van der Waals surface area contributed by atoms with Crippen molar-refractivity contribution < 1.29 is 19.1 Å². The van der Waals surface area contributed by atoms with Gasteiger partial charge in [-0.25, -0.2) is 0 Å². The maximum Gasteiger partial charge on any atom is 0.269 e. The van der Waals surface area contributed by atoms with Gasteiger partial charge in [-0.15, -0.1) is 0 Å². The molecule has 0 fully saturated rings. The zero-order valence-electron chi connectivity index (χ0n) is 13.6. The molecule has 1 rings (SSSR count). The first-order valence-corrected chi connectivity index (χ1v) is 7.38. The summed E-state index contributed by atoms with van der Waals surface area (Å²) in [7, 11) is 1.51. The highest BCUT2D eigenvalue weighted by atomic mass is 16.5. The number of benzene rings is 1. The fraction of sp³-hybridized carbons (Fsp3) is 0.500. The number of amides is 2. The molecule has 2 N–H and O–H groups in total. The molecule has 0 aromatic heterocycles. The van der Waals surface area contributed by atoms with E-state index >= 15 is 0 Å². The van der Waals surface area contributed by atoms with Gasteiger partial charge in [-0.2, -0.15) is 0 Å². The maximum absolute atomic E-state index is 12.0. The summed E-state index contributed by atoms with van der Waals surface area (Å²) in [6.45, 7) is 6.46. The summed E-state index contributed by atoms with van der Waals surface area (Å²) in [5, 5.41) is 0. The van der Waals surface area contributed by atoms with E-state index in [4.69, 9.17) is 9.47 Å². The Morgan fingerprint density at radius 1 is 1.18 bits per heavy atom. The molecule has 6 nitrogen and oxygen atoms in total. The van der Waals surface area contributed by atoms with Crippen molar-refractivity contribution in [3.8, 4) is 11.5 Å². The molecule has 0 aliphatic carbocycles. The Hall–Kier alpha value is -2.24. The minimum absolute atomic E-state index is 0.208. The van der Waals surface area contributed by atoms with Crippen molar-refractivity contribution >= 4 is 11.8 Å². The molecule has 0 aliphatic rings. The van der Waals surface area contributed by atoms with Crippen LogP contribution in [0.25, 0.3) is 0 Å². The largest absolute Gasteiger partial charge is 0.493 e. The van der Waals surface area contributed by atoms with Crippen molar-refractivity contribution in [1.29, 1.82) is 0 Å². The van der Waals surface area contributed by atoms with E-state index in [1.807, 2.05) is 20.8 Å². The lowest BCUT2D eigenvalue weighted by Gasteiger charge is -2.12. The predicted octanol–water partition coefficient (Wildman–Crippen LogP) is 2.29. The highest BCUT2D eigenvalue weighted by Gasteiger charge is 2.12. The monoisotopic (exact) mass is 308 g/mol. The molecule has 0 radical (unpaired) electrons. The summed E-state index contributed by atoms with van der Waals surface area (Å²) in [4.78, 5) is 23.6. The summed E-state index contributed by atoms with van der Waals surface area (Å²) in [5.74, 6) is 0.874. The molecular weight excluding hydrogens is 284 g/mol. The van der Waals surface area contributed by atoms with E-state index in [1.165, 1.54) is 7.11 Å². The number of hydrogen-bond donors (Lipinski definition) is 2. The first-order valence-electron chi connectivity index (χ1n) is 7.38. The van der Waals surface area contributed by atoms with Gasteiger partial charge in [0.2, 0.25) is 5.91 Å².